The fraction of sp³-hybridized carbons (Fsp3) is 0.333. The van der Waals surface area contributed by atoms with Crippen molar-refractivity contribution in [3.8, 4) is 11.4 Å². The summed E-state index contributed by atoms with van der Waals surface area (Å²) in [6.07, 6.45) is -4.15. The smallest absolute Gasteiger partial charge is 0.423 e. The monoisotopic (exact) mass is 402 g/mol. The Balaban J connectivity index is 2.36. The lowest BCUT2D eigenvalue weighted by Gasteiger charge is -2.33. The molecule has 0 saturated heterocycles. The second-order valence-corrected chi connectivity index (χ2v) is 6.11. The van der Waals surface area contributed by atoms with Crippen LogP contribution in [0, 0.1) is 10.6 Å². The lowest BCUT2D eigenvalue weighted by Crippen LogP contribution is -2.51. The molecule has 0 aliphatic carbocycles. The van der Waals surface area contributed by atoms with Gasteiger partial charge in [-0.05, 0) is 25.2 Å². The minimum atomic E-state index is -4.15. The van der Waals surface area contributed by atoms with Crippen LogP contribution in [0.15, 0.2) is 21.7 Å². The van der Waals surface area contributed by atoms with E-state index >= 15 is 0 Å². The molecule has 1 aromatic heterocycles. The predicted molar refractivity (Wildman–Crippen MR) is 90.6 cm³/mol. The van der Waals surface area contributed by atoms with E-state index < -0.39 is 40.6 Å². The molecule has 1 aliphatic heterocycles. The van der Waals surface area contributed by atoms with Gasteiger partial charge in [0.2, 0.25) is 0 Å². The third-order valence-corrected chi connectivity index (χ3v) is 4.69. The van der Waals surface area contributed by atoms with E-state index in [0.29, 0.717) is 15.5 Å². The van der Waals surface area contributed by atoms with Gasteiger partial charge in [-0.15, -0.1) is 0 Å². The van der Waals surface area contributed by atoms with Gasteiger partial charge in [-0.2, -0.15) is 8.78 Å². The number of fused-ring (bicyclic) bond motifs is 1. The fourth-order valence-corrected chi connectivity index (χ4v) is 2.89. The number of alkyl halides is 2. The van der Waals surface area contributed by atoms with Crippen LogP contribution >= 0.6 is 12.2 Å². The van der Waals surface area contributed by atoms with E-state index in [-0.39, 0.29) is 17.0 Å². The summed E-state index contributed by atoms with van der Waals surface area (Å²) in [6.45, 7) is 1.27. The highest BCUT2D eigenvalue weighted by Gasteiger charge is 2.50. The molecule has 0 fully saturated rings. The number of hydrogen-bond acceptors (Lipinski definition) is 5. The highest BCUT2D eigenvalue weighted by molar-refractivity contribution is 7.71. The molecule has 1 aromatic carbocycles. The van der Waals surface area contributed by atoms with Crippen molar-refractivity contribution in [2.24, 2.45) is 14.1 Å². The SMILES string of the molecule is CCN1C(=O)C(F)(F)Oc2cc(F)c(-n3c(=O)n(C)c(=S)n(C)c3=O)cc21. The van der Waals surface area contributed by atoms with Gasteiger partial charge in [-0.3, -0.25) is 13.9 Å². The van der Waals surface area contributed by atoms with Crippen LogP contribution in [0.4, 0.5) is 18.9 Å². The third kappa shape index (κ3) is 2.67. The van der Waals surface area contributed by atoms with E-state index in [1.54, 1.807) is 0 Å². The Labute approximate surface area is 154 Å². The number of nitrogens with zero attached hydrogens (tertiary/aromatic N) is 4. The Hall–Kier alpha value is -2.89. The molecule has 144 valence electrons. The van der Waals surface area contributed by atoms with Gasteiger partial charge >= 0.3 is 23.4 Å². The lowest BCUT2D eigenvalue weighted by molar-refractivity contribution is -0.192. The van der Waals surface area contributed by atoms with Crippen molar-refractivity contribution < 1.29 is 22.7 Å². The molecule has 0 bridgehead atoms. The van der Waals surface area contributed by atoms with Gasteiger partial charge in [0.25, 0.3) is 0 Å². The van der Waals surface area contributed by atoms with E-state index in [2.05, 4.69) is 4.74 Å². The van der Waals surface area contributed by atoms with Crippen molar-refractivity contribution in [1.29, 1.82) is 0 Å². The van der Waals surface area contributed by atoms with Crippen LogP contribution in [0.1, 0.15) is 6.92 Å². The molecule has 2 aromatic rings. The largest absolute Gasteiger partial charge is 0.482 e. The molecule has 0 saturated carbocycles. The number of carbonyl (C=O) groups excluding carboxylic acids is 1. The quantitative estimate of drug-likeness (QED) is 0.703. The van der Waals surface area contributed by atoms with E-state index in [1.165, 1.54) is 21.0 Å². The second-order valence-electron chi connectivity index (χ2n) is 5.74. The molecule has 2 heterocycles. The predicted octanol–water partition coefficient (Wildman–Crippen LogP) is 1.08. The van der Waals surface area contributed by atoms with Crippen molar-refractivity contribution in [1.82, 2.24) is 13.7 Å². The van der Waals surface area contributed by atoms with Crippen LogP contribution in [-0.2, 0) is 18.9 Å². The van der Waals surface area contributed by atoms with Crippen LogP contribution in [0.2, 0.25) is 0 Å². The zero-order valence-electron chi connectivity index (χ0n) is 14.3. The van der Waals surface area contributed by atoms with Gasteiger partial charge in [0.1, 0.15) is 0 Å². The molecule has 0 radical (unpaired) electrons. The molecule has 0 N–H and O–H groups in total. The number of hydrogen-bond donors (Lipinski definition) is 0. The minimum Gasteiger partial charge on any atom is -0.423 e. The summed E-state index contributed by atoms with van der Waals surface area (Å²) in [5.41, 5.74) is -2.58. The summed E-state index contributed by atoms with van der Waals surface area (Å²) in [5, 5.41) is 0. The van der Waals surface area contributed by atoms with Gasteiger partial charge in [-0.25, -0.2) is 18.5 Å². The Morgan fingerprint density at radius 1 is 1.07 bits per heavy atom. The molecule has 3 rings (SSSR count). The topological polar surface area (TPSA) is 78.5 Å². The summed E-state index contributed by atoms with van der Waals surface area (Å²) in [5.74, 6) is -3.38. The Morgan fingerprint density at radius 3 is 2.15 bits per heavy atom. The van der Waals surface area contributed by atoms with Crippen molar-refractivity contribution >= 4 is 23.8 Å². The number of halogens is 3. The first kappa shape index (κ1) is 18.9. The number of carbonyl (C=O) groups is 1. The highest BCUT2D eigenvalue weighted by Crippen LogP contribution is 2.41. The van der Waals surface area contributed by atoms with E-state index in [1.807, 2.05) is 0 Å². The maximum Gasteiger partial charge on any atom is 0.482 e. The standard InChI is InChI=1S/C15H13F3N4O4S/c1-4-21-9-6-8(7(16)5-10(9)26-15(17,18)11(21)23)22-12(24)19(2)14(27)20(3)13(22)25/h5-6H,4H2,1-3H3. The number of rotatable bonds is 2. The normalized spacial score (nSPS) is 15.5. The summed E-state index contributed by atoms with van der Waals surface area (Å²) in [7, 11) is 2.59. The van der Waals surface area contributed by atoms with Crippen LogP contribution in [0.5, 0.6) is 5.75 Å². The number of benzene rings is 1. The first-order valence-corrected chi connectivity index (χ1v) is 8.03. The van der Waals surface area contributed by atoms with Gasteiger partial charge < -0.3 is 9.64 Å². The van der Waals surface area contributed by atoms with E-state index in [4.69, 9.17) is 12.2 Å². The zero-order valence-corrected chi connectivity index (χ0v) is 15.1. The summed E-state index contributed by atoms with van der Waals surface area (Å²) in [6, 6.07) is 1.54. The lowest BCUT2D eigenvalue weighted by atomic mass is 10.2. The van der Waals surface area contributed by atoms with Gasteiger partial charge in [-0.1, -0.05) is 0 Å². The molecular weight excluding hydrogens is 389 g/mol. The van der Waals surface area contributed by atoms with Crippen LogP contribution < -0.4 is 21.0 Å². The number of likely N-dealkylation sites (N-methyl/N-ethyl adjacent to an activating group) is 1. The molecular formula is C15H13F3N4O4S. The molecule has 0 atom stereocenters. The maximum absolute atomic E-state index is 14.6. The summed E-state index contributed by atoms with van der Waals surface area (Å²) in [4.78, 5) is 37.4. The zero-order chi connectivity index (χ0) is 20.3. The van der Waals surface area contributed by atoms with E-state index in [9.17, 15) is 27.6 Å². The second kappa shape index (κ2) is 6.08. The van der Waals surface area contributed by atoms with E-state index in [0.717, 1.165) is 15.2 Å². The molecule has 1 aliphatic rings. The maximum atomic E-state index is 14.6. The van der Waals surface area contributed by atoms with Gasteiger partial charge in [0, 0.05) is 26.7 Å². The minimum absolute atomic E-state index is 0.0899. The van der Waals surface area contributed by atoms with Gasteiger partial charge in [0.15, 0.2) is 16.3 Å². The fourth-order valence-electron chi connectivity index (χ4n) is 2.74. The first-order valence-electron chi connectivity index (χ1n) is 7.63. The molecule has 8 nitrogen and oxygen atoms in total. The Kier molecular flexibility index (Phi) is 4.25. The van der Waals surface area contributed by atoms with Crippen LogP contribution in [-0.4, -0.2) is 32.3 Å². The highest BCUT2D eigenvalue weighted by atomic mass is 32.1. The summed E-state index contributed by atoms with van der Waals surface area (Å²) >= 11 is 4.95. The average Bonchev–Trinajstić information content (AvgIpc) is 2.60. The number of anilines is 1. The molecule has 27 heavy (non-hydrogen) atoms. The molecule has 1 amide bonds. The van der Waals surface area contributed by atoms with Crippen molar-refractivity contribution in [3.05, 3.63) is 43.7 Å². The summed E-state index contributed by atoms with van der Waals surface area (Å²) < 4.78 is 48.6. The van der Waals surface area contributed by atoms with Crippen LogP contribution in [0.25, 0.3) is 5.69 Å². The number of amides is 1. The average molecular weight is 402 g/mol. The van der Waals surface area contributed by atoms with Crippen molar-refractivity contribution in [3.63, 3.8) is 0 Å². The molecule has 0 unspecified atom stereocenters. The third-order valence-electron chi connectivity index (χ3n) is 4.14. The van der Waals surface area contributed by atoms with Crippen molar-refractivity contribution in [2.75, 3.05) is 11.4 Å². The molecule has 0 spiro atoms. The first-order chi connectivity index (χ1) is 12.5. The Bertz CT molecular complexity index is 1110. The molecule has 12 heteroatoms. The van der Waals surface area contributed by atoms with Crippen LogP contribution in [0.3, 0.4) is 0 Å². The number of aromatic nitrogens is 3. The van der Waals surface area contributed by atoms with Crippen molar-refractivity contribution in [2.45, 2.75) is 13.0 Å². The Morgan fingerprint density at radius 2 is 1.63 bits per heavy atom. The number of ether oxygens (including phenoxy) is 1. The van der Waals surface area contributed by atoms with Gasteiger partial charge in [0.05, 0.1) is 11.4 Å².